The van der Waals surface area contributed by atoms with E-state index < -0.39 is 0 Å². The van der Waals surface area contributed by atoms with Crippen LogP contribution in [0.25, 0.3) is 6.08 Å². The molecular weight excluding hydrogens is 476 g/mol. The van der Waals surface area contributed by atoms with Gasteiger partial charge in [-0.2, -0.15) is 0 Å². The van der Waals surface area contributed by atoms with Gasteiger partial charge in [-0.15, -0.1) is 0 Å². The van der Waals surface area contributed by atoms with Gasteiger partial charge in [0.15, 0.2) is 5.17 Å². The number of halogens is 3. The van der Waals surface area contributed by atoms with Crippen LogP contribution in [0.5, 0.6) is 0 Å². The third-order valence-corrected chi connectivity index (χ3v) is 6.12. The van der Waals surface area contributed by atoms with E-state index >= 15 is 0 Å². The van der Waals surface area contributed by atoms with Crippen LogP contribution < -0.4 is 0 Å². The summed E-state index contributed by atoms with van der Waals surface area (Å²) in [6.45, 7) is 0. The molecule has 0 aliphatic carbocycles. The molecule has 122 valence electrons. The summed E-state index contributed by atoms with van der Waals surface area (Å²) >= 11 is 14.2. The van der Waals surface area contributed by atoms with E-state index in [-0.39, 0.29) is 5.91 Å². The van der Waals surface area contributed by atoms with Crippen LogP contribution >= 0.6 is 55.2 Å². The fourth-order valence-corrected chi connectivity index (χ4v) is 3.70. The van der Waals surface area contributed by atoms with Gasteiger partial charge in [0.1, 0.15) is 0 Å². The van der Waals surface area contributed by atoms with Gasteiger partial charge in [0.2, 0.25) is 0 Å². The van der Waals surface area contributed by atoms with E-state index in [4.69, 9.17) is 11.6 Å². The van der Waals surface area contributed by atoms with Crippen LogP contribution in [-0.4, -0.2) is 23.0 Å². The van der Waals surface area contributed by atoms with Crippen LogP contribution in [0.2, 0.25) is 5.02 Å². The van der Waals surface area contributed by atoms with E-state index in [9.17, 15) is 4.79 Å². The normalized spacial score (nSPS) is 18.0. The van der Waals surface area contributed by atoms with Crippen LogP contribution in [-0.2, 0) is 4.79 Å². The highest BCUT2D eigenvalue weighted by Gasteiger charge is 2.30. The maximum atomic E-state index is 12.4. The van der Waals surface area contributed by atoms with Crippen LogP contribution in [0.3, 0.4) is 0 Å². The quantitative estimate of drug-likeness (QED) is 0.481. The van der Waals surface area contributed by atoms with Crippen molar-refractivity contribution in [3.63, 3.8) is 0 Å². The predicted octanol–water partition coefficient (Wildman–Crippen LogP) is 6.10. The third-order valence-electron chi connectivity index (χ3n) is 3.30. The number of benzene rings is 2. The van der Waals surface area contributed by atoms with Gasteiger partial charge < -0.3 is 0 Å². The molecule has 0 atom stereocenters. The number of rotatable bonds is 2. The lowest BCUT2D eigenvalue weighted by Gasteiger charge is -2.07. The van der Waals surface area contributed by atoms with E-state index in [0.29, 0.717) is 20.8 Å². The Morgan fingerprint density at radius 2 is 1.88 bits per heavy atom. The second-order valence-electron chi connectivity index (χ2n) is 5.02. The average molecular weight is 487 g/mol. The molecule has 0 bridgehead atoms. The van der Waals surface area contributed by atoms with Gasteiger partial charge in [0.05, 0.1) is 15.6 Å². The molecule has 2 aromatic carbocycles. The first kappa shape index (κ1) is 17.7. The monoisotopic (exact) mass is 484 g/mol. The molecule has 0 unspecified atom stereocenters. The van der Waals surface area contributed by atoms with Crippen molar-refractivity contribution in [3.05, 3.63) is 66.9 Å². The van der Waals surface area contributed by atoms with Crippen LogP contribution in [0, 0.1) is 0 Å². The molecule has 1 saturated heterocycles. The van der Waals surface area contributed by atoms with Crippen molar-refractivity contribution in [2.45, 2.75) is 0 Å². The summed E-state index contributed by atoms with van der Waals surface area (Å²) in [7, 11) is 1.72. The van der Waals surface area contributed by atoms with Gasteiger partial charge in [-0.1, -0.05) is 39.7 Å². The maximum Gasteiger partial charge on any atom is 0.266 e. The Labute approximate surface area is 166 Å². The highest BCUT2D eigenvalue weighted by molar-refractivity contribution is 9.10. The number of thioether (sulfide) groups is 1. The molecule has 0 saturated carbocycles. The Hall–Kier alpha value is -1.08. The Kier molecular flexibility index (Phi) is 5.49. The predicted molar refractivity (Wildman–Crippen MR) is 109 cm³/mol. The van der Waals surface area contributed by atoms with Crippen molar-refractivity contribution >= 4 is 78.1 Å². The Balaban J connectivity index is 1.89. The van der Waals surface area contributed by atoms with E-state index in [1.165, 1.54) is 11.8 Å². The second-order valence-corrected chi connectivity index (χ2v) is 8.21. The summed E-state index contributed by atoms with van der Waals surface area (Å²) in [5.74, 6) is -0.0649. The number of carbonyl (C=O) groups is 1. The summed E-state index contributed by atoms with van der Waals surface area (Å²) in [6, 6.07) is 13.2. The first-order valence-corrected chi connectivity index (χ1v) is 9.69. The zero-order valence-corrected chi connectivity index (χ0v) is 17.2. The number of amidine groups is 1. The van der Waals surface area contributed by atoms with E-state index in [0.717, 1.165) is 14.5 Å². The van der Waals surface area contributed by atoms with Crippen LogP contribution in [0.1, 0.15) is 5.56 Å². The van der Waals surface area contributed by atoms with Crippen molar-refractivity contribution in [2.24, 2.45) is 4.99 Å². The second kappa shape index (κ2) is 7.44. The highest BCUT2D eigenvalue weighted by atomic mass is 79.9. The van der Waals surface area contributed by atoms with Crippen molar-refractivity contribution in [1.82, 2.24) is 4.90 Å². The minimum Gasteiger partial charge on any atom is -0.290 e. The molecule has 1 amide bonds. The fourth-order valence-electron chi connectivity index (χ4n) is 2.03. The van der Waals surface area contributed by atoms with E-state index in [1.54, 1.807) is 18.0 Å². The van der Waals surface area contributed by atoms with Crippen LogP contribution in [0.15, 0.2) is 61.3 Å². The molecule has 0 radical (unpaired) electrons. The molecule has 3 rings (SSSR count). The molecule has 7 heteroatoms. The number of aliphatic imine (C=N–C) groups is 1. The standard InChI is InChI=1S/C17H11Br2ClN2OS/c1-22-16(23)15(8-10-2-4-11(18)5-3-10)24-17(22)21-12-6-7-13(19)14(20)9-12/h2-9H,1H3/b15-8-,21-17?. The van der Waals surface area contributed by atoms with Crippen molar-refractivity contribution in [1.29, 1.82) is 0 Å². The topological polar surface area (TPSA) is 32.7 Å². The molecule has 2 aromatic rings. The average Bonchev–Trinajstić information content (AvgIpc) is 2.81. The first-order chi connectivity index (χ1) is 11.4. The van der Waals surface area contributed by atoms with Crippen molar-refractivity contribution in [3.8, 4) is 0 Å². The largest absolute Gasteiger partial charge is 0.290 e. The van der Waals surface area contributed by atoms with Crippen LogP contribution in [0.4, 0.5) is 5.69 Å². The lowest BCUT2D eigenvalue weighted by molar-refractivity contribution is -0.121. The summed E-state index contributed by atoms with van der Waals surface area (Å²) in [5, 5.41) is 1.21. The van der Waals surface area contributed by atoms with Crippen molar-refractivity contribution < 1.29 is 4.79 Å². The number of amides is 1. The lowest BCUT2D eigenvalue weighted by Crippen LogP contribution is -2.23. The minimum absolute atomic E-state index is 0.0649. The Morgan fingerprint density at radius 1 is 1.17 bits per heavy atom. The molecular formula is C17H11Br2ClN2OS. The molecule has 1 aliphatic rings. The minimum atomic E-state index is -0.0649. The van der Waals surface area contributed by atoms with Gasteiger partial charge in [-0.05, 0) is 69.7 Å². The summed E-state index contributed by atoms with van der Waals surface area (Å²) in [5.41, 5.74) is 1.67. The van der Waals surface area contributed by atoms with Gasteiger partial charge in [-0.25, -0.2) is 4.99 Å². The van der Waals surface area contributed by atoms with E-state index in [1.807, 2.05) is 42.5 Å². The molecule has 3 nitrogen and oxygen atoms in total. The summed E-state index contributed by atoms with van der Waals surface area (Å²) in [6.07, 6.45) is 1.87. The molecule has 1 aliphatic heterocycles. The Bertz CT molecular complexity index is 865. The molecule has 0 N–H and O–H groups in total. The lowest BCUT2D eigenvalue weighted by atomic mass is 10.2. The number of hydrogen-bond donors (Lipinski definition) is 0. The third kappa shape index (κ3) is 3.94. The van der Waals surface area contributed by atoms with Crippen molar-refractivity contribution in [2.75, 3.05) is 7.05 Å². The number of carbonyl (C=O) groups excluding carboxylic acids is 1. The van der Waals surface area contributed by atoms with Gasteiger partial charge in [0, 0.05) is 16.0 Å². The maximum absolute atomic E-state index is 12.4. The summed E-state index contributed by atoms with van der Waals surface area (Å²) < 4.78 is 1.81. The first-order valence-electron chi connectivity index (χ1n) is 6.91. The molecule has 1 fully saturated rings. The summed E-state index contributed by atoms with van der Waals surface area (Å²) in [4.78, 5) is 19.1. The fraction of sp³-hybridized carbons (Fsp3) is 0.0588. The zero-order chi connectivity index (χ0) is 17.3. The molecule has 24 heavy (non-hydrogen) atoms. The van der Waals surface area contributed by atoms with E-state index in [2.05, 4.69) is 36.9 Å². The number of hydrogen-bond acceptors (Lipinski definition) is 3. The van der Waals surface area contributed by atoms with Gasteiger partial charge in [-0.3, -0.25) is 9.69 Å². The zero-order valence-electron chi connectivity index (χ0n) is 12.5. The number of likely N-dealkylation sites (N-methyl/N-ethyl adjacent to an activating group) is 1. The Morgan fingerprint density at radius 3 is 2.54 bits per heavy atom. The molecule has 0 spiro atoms. The highest BCUT2D eigenvalue weighted by Crippen LogP contribution is 2.34. The number of nitrogens with zero attached hydrogens (tertiary/aromatic N) is 2. The SMILES string of the molecule is CN1C(=O)/C(=C/c2ccc(Br)cc2)SC1=Nc1ccc(Br)c(Cl)c1. The molecule has 1 heterocycles. The molecule has 0 aromatic heterocycles. The van der Waals surface area contributed by atoms with Gasteiger partial charge in [0.25, 0.3) is 5.91 Å². The van der Waals surface area contributed by atoms with Gasteiger partial charge >= 0.3 is 0 Å². The smallest absolute Gasteiger partial charge is 0.266 e.